The lowest BCUT2D eigenvalue weighted by Gasteiger charge is -2.22. The van der Waals surface area contributed by atoms with Crippen LogP contribution in [0.1, 0.15) is 30.1 Å². The highest BCUT2D eigenvalue weighted by molar-refractivity contribution is 5.24. The number of rotatable bonds is 5. The van der Waals surface area contributed by atoms with Gasteiger partial charge in [0.15, 0.2) is 11.6 Å². The molecule has 2 rings (SSSR count). The molecule has 0 bridgehead atoms. The predicted octanol–water partition coefficient (Wildman–Crippen LogP) is 3.35. The van der Waals surface area contributed by atoms with E-state index in [-0.39, 0.29) is 18.2 Å². The van der Waals surface area contributed by atoms with E-state index in [0.717, 1.165) is 11.6 Å². The molecule has 0 aliphatic heterocycles. The lowest BCUT2D eigenvalue weighted by molar-refractivity contribution is 0.234. The molecule has 0 saturated heterocycles. The van der Waals surface area contributed by atoms with Crippen LogP contribution in [-0.4, -0.2) is 11.7 Å². The molecule has 0 aromatic heterocycles. The zero-order valence-corrected chi connectivity index (χ0v) is 11.2. The Hall–Kier alpha value is -1.78. The van der Waals surface area contributed by atoms with Crippen molar-refractivity contribution >= 4 is 0 Å². The summed E-state index contributed by atoms with van der Waals surface area (Å²) < 4.78 is 27.0. The van der Waals surface area contributed by atoms with Crippen molar-refractivity contribution in [2.45, 2.75) is 19.0 Å². The van der Waals surface area contributed by atoms with Crippen LogP contribution in [0.3, 0.4) is 0 Å². The molecule has 2 N–H and O–H groups in total. The molecular weight excluding hydrogens is 260 g/mol. The van der Waals surface area contributed by atoms with Crippen LogP contribution in [0.15, 0.2) is 48.5 Å². The molecule has 0 aliphatic rings. The first kappa shape index (κ1) is 14.6. The van der Waals surface area contributed by atoms with Crippen molar-refractivity contribution in [3.8, 4) is 0 Å². The Labute approximate surface area is 117 Å². The van der Waals surface area contributed by atoms with Crippen molar-refractivity contribution in [2.75, 3.05) is 6.61 Å². The quantitative estimate of drug-likeness (QED) is 0.878. The Morgan fingerprint density at radius 3 is 2.40 bits per heavy atom. The molecule has 0 radical (unpaired) electrons. The first-order valence-electron chi connectivity index (χ1n) is 6.49. The number of nitrogens with one attached hydrogen (secondary N) is 1. The molecule has 0 amide bonds. The molecule has 0 spiro atoms. The van der Waals surface area contributed by atoms with E-state index in [9.17, 15) is 13.9 Å². The second-order valence-corrected chi connectivity index (χ2v) is 4.68. The fraction of sp³-hybridized carbons (Fsp3) is 0.250. The summed E-state index contributed by atoms with van der Waals surface area (Å²) in [5.41, 5.74) is 1.15. The van der Waals surface area contributed by atoms with E-state index in [4.69, 9.17) is 0 Å². The zero-order valence-electron chi connectivity index (χ0n) is 11.2. The van der Waals surface area contributed by atoms with Gasteiger partial charge in [-0.25, -0.2) is 8.78 Å². The molecule has 0 aliphatic carbocycles. The van der Waals surface area contributed by atoms with Crippen molar-refractivity contribution in [1.82, 2.24) is 5.32 Å². The minimum atomic E-state index is -0.864. The van der Waals surface area contributed by atoms with Crippen LogP contribution in [0, 0.1) is 11.6 Å². The number of hydrogen-bond acceptors (Lipinski definition) is 2. The molecule has 2 nitrogen and oxygen atoms in total. The molecular formula is C16H17F2NO. The fourth-order valence-electron chi connectivity index (χ4n) is 2.19. The highest BCUT2D eigenvalue weighted by Gasteiger charge is 2.18. The first-order valence-corrected chi connectivity index (χ1v) is 6.49. The van der Waals surface area contributed by atoms with Crippen LogP contribution in [0.4, 0.5) is 8.78 Å². The average Bonchev–Trinajstić information content (AvgIpc) is 2.48. The van der Waals surface area contributed by atoms with Gasteiger partial charge in [-0.05, 0) is 18.6 Å². The topological polar surface area (TPSA) is 32.3 Å². The van der Waals surface area contributed by atoms with Gasteiger partial charge in [0.05, 0.1) is 12.6 Å². The first-order chi connectivity index (χ1) is 9.63. The Kier molecular flexibility index (Phi) is 4.82. The van der Waals surface area contributed by atoms with E-state index in [1.165, 1.54) is 12.1 Å². The Balaban J connectivity index is 2.17. The molecule has 0 heterocycles. The normalized spacial score (nSPS) is 14.0. The van der Waals surface area contributed by atoms with Crippen LogP contribution in [-0.2, 0) is 0 Å². The van der Waals surface area contributed by atoms with Crippen LogP contribution in [0.25, 0.3) is 0 Å². The highest BCUT2D eigenvalue weighted by Crippen LogP contribution is 2.22. The molecule has 2 aromatic carbocycles. The molecule has 4 heteroatoms. The summed E-state index contributed by atoms with van der Waals surface area (Å²) >= 11 is 0. The van der Waals surface area contributed by atoms with Gasteiger partial charge in [0.1, 0.15) is 0 Å². The maximum Gasteiger partial charge on any atom is 0.163 e. The number of halogens is 2. The summed E-state index contributed by atoms with van der Waals surface area (Å²) in [6.45, 7) is 1.62. The van der Waals surface area contributed by atoms with Crippen molar-refractivity contribution in [2.24, 2.45) is 0 Å². The number of benzene rings is 2. The summed E-state index contributed by atoms with van der Waals surface area (Å²) in [5, 5.41) is 12.6. The van der Waals surface area contributed by atoms with Crippen LogP contribution in [0.5, 0.6) is 0 Å². The maximum absolute atomic E-state index is 13.7. The standard InChI is InChI=1S/C16H17F2NO/c1-11(13-8-5-9-14(17)16(13)18)19-15(10-20)12-6-3-2-4-7-12/h2-9,11,15,19-20H,10H2,1H3/t11?,15-/m1/s1. The van der Waals surface area contributed by atoms with Gasteiger partial charge in [-0.1, -0.05) is 42.5 Å². The SMILES string of the molecule is CC(N[C@H](CO)c1ccccc1)c1cccc(F)c1F. The lowest BCUT2D eigenvalue weighted by Crippen LogP contribution is -2.28. The van der Waals surface area contributed by atoms with Crippen LogP contribution < -0.4 is 5.32 Å². The third kappa shape index (κ3) is 3.21. The van der Waals surface area contributed by atoms with Gasteiger partial charge in [0.2, 0.25) is 0 Å². The van der Waals surface area contributed by atoms with E-state index >= 15 is 0 Å². The summed E-state index contributed by atoms with van der Waals surface area (Å²) in [7, 11) is 0. The van der Waals surface area contributed by atoms with Crippen molar-refractivity contribution in [3.63, 3.8) is 0 Å². The molecule has 106 valence electrons. The number of aliphatic hydroxyl groups excluding tert-OH is 1. The van der Waals surface area contributed by atoms with Gasteiger partial charge in [-0.3, -0.25) is 0 Å². The molecule has 0 saturated carbocycles. The van der Waals surface area contributed by atoms with Crippen LogP contribution >= 0.6 is 0 Å². The fourth-order valence-corrected chi connectivity index (χ4v) is 2.19. The maximum atomic E-state index is 13.7. The predicted molar refractivity (Wildman–Crippen MR) is 74.2 cm³/mol. The van der Waals surface area contributed by atoms with Crippen molar-refractivity contribution in [1.29, 1.82) is 0 Å². The average molecular weight is 277 g/mol. The van der Waals surface area contributed by atoms with Crippen LogP contribution in [0.2, 0.25) is 0 Å². The Morgan fingerprint density at radius 2 is 1.75 bits per heavy atom. The van der Waals surface area contributed by atoms with E-state index < -0.39 is 17.7 Å². The second-order valence-electron chi connectivity index (χ2n) is 4.68. The van der Waals surface area contributed by atoms with E-state index in [0.29, 0.717) is 0 Å². The molecule has 2 atom stereocenters. The second kappa shape index (κ2) is 6.59. The highest BCUT2D eigenvalue weighted by atomic mass is 19.2. The monoisotopic (exact) mass is 277 g/mol. The van der Waals surface area contributed by atoms with E-state index in [1.54, 1.807) is 6.92 Å². The van der Waals surface area contributed by atoms with E-state index in [2.05, 4.69) is 5.32 Å². The van der Waals surface area contributed by atoms with Gasteiger partial charge in [-0.15, -0.1) is 0 Å². The molecule has 20 heavy (non-hydrogen) atoms. The minimum Gasteiger partial charge on any atom is -0.394 e. The number of hydrogen-bond donors (Lipinski definition) is 2. The Morgan fingerprint density at radius 1 is 1.05 bits per heavy atom. The minimum absolute atomic E-state index is 0.120. The summed E-state index contributed by atoms with van der Waals surface area (Å²) in [4.78, 5) is 0. The van der Waals surface area contributed by atoms with E-state index in [1.807, 2.05) is 30.3 Å². The lowest BCUT2D eigenvalue weighted by atomic mass is 10.0. The third-order valence-corrected chi connectivity index (χ3v) is 3.28. The van der Waals surface area contributed by atoms with Gasteiger partial charge in [0, 0.05) is 11.6 Å². The molecule has 1 unspecified atom stereocenters. The smallest absolute Gasteiger partial charge is 0.163 e. The van der Waals surface area contributed by atoms with Crippen molar-refractivity contribution < 1.29 is 13.9 Å². The summed E-state index contributed by atoms with van der Waals surface area (Å²) in [6.07, 6.45) is 0. The summed E-state index contributed by atoms with van der Waals surface area (Å²) in [6, 6.07) is 12.7. The van der Waals surface area contributed by atoms with Crippen molar-refractivity contribution in [3.05, 3.63) is 71.3 Å². The molecule has 2 aromatic rings. The van der Waals surface area contributed by atoms with Gasteiger partial charge in [-0.2, -0.15) is 0 Å². The van der Waals surface area contributed by atoms with Gasteiger partial charge < -0.3 is 10.4 Å². The summed E-state index contributed by atoms with van der Waals surface area (Å²) in [5.74, 6) is -1.71. The number of aliphatic hydroxyl groups is 1. The van der Waals surface area contributed by atoms with Gasteiger partial charge >= 0.3 is 0 Å². The zero-order chi connectivity index (χ0) is 14.5. The Bertz CT molecular complexity index is 560. The molecule has 0 fully saturated rings. The third-order valence-electron chi connectivity index (χ3n) is 3.28. The van der Waals surface area contributed by atoms with Gasteiger partial charge in [0.25, 0.3) is 0 Å². The largest absolute Gasteiger partial charge is 0.394 e.